The molecular weight excluding hydrogens is 172 g/mol. The molecule has 1 nitrogen and oxygen atoms in total. The van der Waals surface area contributed by atoms with Gasteiger partial charge in [0, 0.05) is 5.92 Å². The molecule has 76 valence electrons. The lowest BCUT2D eigenvalue weighted by Gasteiger charge is -2.27. The zero-order valence-electron chi connectivity index (χ0n) is 8.74. The summed E-state index contributed by atoms with van der Waals surface area (Å²) in [4.78, 5) is 0. The van der Waals surface area contributed by atoms with Crippen LogP contribution in [0, 0.1) is 6.92 Å². The molecule has 2 atom stereocenters. The fraction of sp³-hybridized carbons (Fsp3) is 0.538. The summed E-state index contributed by atoms with van der Waals surface area (Å²) < 4.78 is 0. The highest BCUT2D eigenvalue weighted by Crippen LogP contribution is 2.32. The van der Waals surface area contributed by atoms with Crippen molar-refractivity contribution in [3.63, 3.8) is 0 Å². The molecule has 2 rings (SSSR count). The SMILES string of the molecule is Cc1ccc([C@@H]2CCCC[C@@H]2O)cc1. The van der Waals surface area contributed by atoms with E-state index in [4.69, 9.17) is 0 Å². The quantitative estimate of drug-likeness (QED) is 0.721. The molecular formula is C13H18O. The van der Waals surface area contributed by atoms with E-state index in [0.29, 0.717) is 5.92 Å². The van der Waals surface area contributed by atoms with Gasteiger partial charge in [0.05, 0.1) is 6.10 Å². The van der Waals surface area contributed by atoms with E-state index in [1.54, 1.807) is 0 Å². The molecule has 0 unspecified atom stereocenters. The Balaban J connectivity index is 2.16. The molecule has 0 bridgehead atoms. The van der Waals surface area contributed by atoms with Gasteiger partial charge in [-0.05, 0) is 25.3 Å². The maximum atomic E-state index is 9.89. The summed E-state index contributed by atoms with van der Waals surface area (Å²) in [7, 11) is 0. The van der Waals surface area contributed by atoms with Crippen LogP contribution in [-0.2, 0) is 0 Å². The van der Waals surface area contributed by atoms with E-state index in [1.165, 1.54) is 24.0 Å². The van der Waals surface area contributed by atoms with Crippen molar-refractivity contribution in [2.45, 2.75) is 44.6 Å². The van der Waals surface area contributed by atoms with Gasteiger partial charge in [0.25, 0.3) is 0 Å². The molecule has 1 fully saturated rings. The minimum atomic E-state index is -0.119. The molecule has 14 heavy (non-hydrogen) atoms. The van der Waals surface area contributed by atoms with Crippen molar-refractivity contribution in [1.29, 1.82) is 0 Å². The molecule has 1 N–H and O–H groups in total. The van der Waals surface area contributed by atoms with Crippen molar-refractivity contribution >= 4 is 0 Å². The summed E-state index contributed by atoms with van der Waals surface area (Å²) in [6, 6.07) is 8.59. The van der Waals surface area contributed by atoms with Crippen LogP contribution in [0.15, 0.2) is 24.3 Å². The second-order valence-corrected chi connectivity index (χ2v) is 4.37. The van der Waals surface area contributed by atoms with E-state index in [1.807, 2.05) is 0 Å². The Morgan fingerprint density at radius 1 is 1.07 bits per heavy atom. The molecule has 1 aliphatic carbocycles. The second kappa shape index (κ2) is 4.14. The molecule has 0 radical (unpaired) electrons. The molecule has 0 aromatic heterocycles. The Labute approximate surface area is 85.8 Å². The molecule has 0 saturated heterocycles. The topological polar surface area (TPSA) is 20.2 Å². The maximum absolute atomic E-state index is 9.89. The monoisotopic (exact) mass is 190 g/mol. The van der Waals surface area contributed by atoms with Gasteiger partial charge in [-0.25, -0.2) is 0 Å². The van der Waals surface area contributed by atoms with E-state index in [-0.39, 0.29) is 6.10 Å². The summed E-state index contributed by atoms with van der Waals surface area (Å²) in [5.74, 6) is 0.379. The van der Waals surface area contributed by atoms with Crippen molar-refractivity contribution in [3.05, 3.63) is 35.4 Å². The number of aryl methyl sites for hydroxylation is 1. The minimum Gasteiger partial charge on any atom is -0.392 e. The highest BCUT2D eigenvalue weighted by molar-refractivity contribution is 5.25. The average Bonchev–Trinajstić information content (AvgIpc) is 2.20. The van der Waals surface area contributed by atoms with E-state index in [2.05, 4.69) is 31.2 Å². The first-order valence-corrected chi connectivity index (χ1v) is 5.52. The van der Waals surface area contributed by atoms with Gasteiger partial charge < -0.3 is 5.11 Å². The highest BCUT2D eigenvalue weighted by atomic mass is 16.3. The molecule has 1 aliphatic rings. The third-order valence-electron chi connectivity index (χ3n) is 3.23. The minimum absolute atomic E-state index is 0.119. The number of aliphatic hydroxyl groups is 1. The third-order valence-corrected chi connectivity index (χ3v) is 3.23. The highest BCUT2D eigenvalue weighted by Gasteiger charge is 2.23. The molecule has 0 aliphatic heterocycles. The first kappa shape index (κ1) is 9.72. The van der Waals surface area contributed by atoms with Gasteiger partial charge in [-0.2, -0.15) is 0 Å². The van der Waals surface area contributed by atoms with Crippen molar-refractivity contribution in [1.82, 2.24) is 0 Å². The summed E-state index contributed by atoms with van der Waals surface area (Å²) in [5, 5.41) is 9.89. The normalized spacial score (nSPS) is 27.6. The lowest BCUT2D eigenvalue weighted by atomic mass is 9.81. The summed E-state index contributed by atoms with van der Waals surface area (Å²) in [6.45, 7) is 2.10. The number of aliphatic hydroxyl groups excluding tert-OH is 1. The summed E-state index contributed by atoms with van der Waals surface area (Å²) >= 11 is 0. The van der Waals surface area contributed by atoms with Gasteiger partial charge in [0.15, 0.2) is 0 Å². The first-order chi connectivity index (χ1) is 6.77. The van der Waals surface area contributed by atoms with E-state index >= 15 is 0 Å². The van der Waals surface area contributed by atoms with Crippen molar-refractivity contribution < 1.29 is 5.11 Å². The van der Waals surface area contributed by atoms with E-state index < -0.39 is 0 Å². The zero-order valence-corrected chi connectivity index (χ0v) is 8.74. The number of rotatable bonds is 1. The van der Waals surface area contributed by atoms with Crippen molar-refractivity contribution in [3.8, 4) is 0 Å². The maximum Gasteiger partial charge on any atom is 0.0608 e. The van der Waals surface area contributed by atoms with Gasteiger partial charge >= 0.3 is 0 Å². The van der Waals surface area contributed by atoms with Gasteiger partial charge in [0.1, 0.15) is 0 Å². The third kappa shape index (κ3) is 1.98. The van der Waals surface area contributed by atoms with Crippen LogP contribution in [0.3, 0.4) is 0 Å². The Morgan fingerprint density at radius 2 is 1.71 bits per heavy atom. The largest absolute Gasteiger partial charge is 0.392 e. The van der Waals surface area contributed by atoms with Crippen LogP contribution in [0.25, 0.3) is 0 Å². The van der Waals surface area contributed by atoms with Gasteiger partial charge in [0.2, 0.25) is 0 Å². The molecule has 0 heterocycles. The van der Waals surface area contributed by atoms with Gasteiger partial charge in [-0.15, -0.1) is 0 Å². The summed E-state index contributed by atoms with van der Waals surface area (Å²) in [6.07, 6.45) is 4.44. The molecule has 1 aromatic rings. The van der Waals surface area contributed by atoms with Crippen LogP contribution < -0.4 is 0 Å². The smallest absolute Gasteiger partial charge is 0.0608 e. The number of benzene rings is 1. The van der Waals surface area contributed by atoms with Crippen LogP contribution in [0.4, 0.5) is 0 Å². The molecule has 0 spiro atoms. The van der Waals surface area contributed by atoms with Crippen LogP contribution in [-0.4, -0.2) is 11.2 Å². The lowest BCUT2D eigenvalue weighted by molar-refractivity contribution is 0.106. The standard InChI is InChI=1S/C13H18O/c1-10-6-8-11(9-7-10)12-4-2-3-5-13(12)14/h6-9,12-14H,2-5H2,1H3/t12-,13-/m0/s1. The molecule has 1 saturated carbocycles. The molecule has 1 aromatic carbocycles. The first-order valence-electron chi connectivity index (χ1n) is 5.52. The van der Waals surface area contributed by atoms with Crippen LogP contribution in [0.5, 0.6) is 0 Å². The number of hydrogen-bond donors (Lipinski definition) is 1. The van der Waals surface area contributed by atoms with E-state index in [9.17, 15) is 5.11 Å². The Bertz CT molecular complexity index is 289. The lowest BCUT2D eigenvalue weighted by Crippen LogP contribution is -2.22. The Hall–Kier alpha value is -0.820. The van der Waals surface area contributed by atoms with Crippen LogP contribution in [0.1, 0.15) is 42.7 Å². The second-order valence-electron chi connectivity index (χ2n) is 4.37. The van der Waals surface area contributed by atoms with Crippen molar-refractivity contribution in [2.24, 2.45) is 0 Å². The van der Waals surface area contributed by atoms with Crippen LogP contribution >= 0.6 is 0 Å². The molecule has 0 amide bonds. The Morgan fingerprint density at radius 3 is 2.36 bits per heavy atom. The predicted molar refractivity (Wildman–Crippen MR) is 58.4 cm³/mol. The predicted octanol–water partition coefficient (Wildman–Crippen LogP) is 3.01. The molecule has 1 heteroatoms. The van der Waals surface area contributed by atoms with E-state index in [0.717, 1.165) is 12.8 Å². The Kier molecular flexibility index (Phi) is 2.87. The fourth-order valence-electron chi connectivity index (χ4n) is 2.31. The van der Waals surface area contributed by atoms with Crippen molar-refractivity contribution in [2.75, 3.05) is 0 Å². The average molecular weight is 190 g/mol. The van der Waals surface area contributed by atoms with Gasteiger partial charge in [-0.3, -0.25) is 0 Å². The number of hydrogen-bond acceptors (Lipinski definition) is 1. The fourth-order valence-corrected chi connectivity index (χ4v) is 2.31. The zero-order chi connectivity index (χ0) is 9.97. The van der Waals surface area contributed by atoms with Crippen LogP contribution in [0.2, 0.25) is 0 Å². The van der Waals surface area contributed by atoms with Gasteiger partial charge in [-0.1, -0.05) is 42.7 Å². The summed E-state index contributed by atoms with van der Waals surface area (Å²) in [5.41, 5.74) is 2.60.